The van der Waals surface area contributed by atoms with Gasteiger partial charge in [0.15, 0.2) is 12.6 Å². The van der Waals surface area contributed by atoms with Gasteiger partial charge in [-0.15, -0.1) is 0 Å². The van der Waals surface area contributed by atoms with Crippen LogP contribution in [0, 0.1) is 13.8 Å². The van der Waals surface area contributed by atoms with Crippen molar-refractivity contribution in [3.05, 3.63) is 70.8 Å². The Balaban J connectivity index is 2.59. The fourth-order valence-electron chi connectivity index (χ4n) is 2.28. The van der Waals surface area contributed by atoms with Gasteiger partial charge < -0.3 is 14.8 Å². The predicted octanol–water partition coefficient (Wildman–Crippen LogP) is 3.89. The van der Waals surface area contributed by atoms with E-state index in [4.69, 9.17) is 9.47 Å². The Labute approximate surface area is 143 Å². The summed E-state index contributed by atoms with van der Waals surface area (Å²) in [5.41, 5.74) is 4.68. The van der Waals surface area contributed by atoms with Crippen molar-refractivity contribution < 1.29 is 14.3 Å². The van der Waals surface area contributed by atoms with Crippen LogP contribution in [0.4, 0.5) is 0 Å². The predicted molar refractivity (Wildman–Crippen MR) is 95.9 cm³/mol. The first kappa shape index (κ1) is 17.8. The quantitative estimate of drug-likeness (QED) is 0.498. The number of aryl methyl sites for hydroxylation is 2. The van der Waals surface area contributed by atoms with E-state index in [2.05, 4.69) is 5.32 Å². The number of rotatable bonds is 6. The molecule has 24 heavy (non-hydrogen) atoms. The Hall–Kier alpha value is -2.59. The summed E-state index contributed by atoms with van der Waals surface area (Å²) in [5.74, 6) is 0.423. The third-order valence-electron chi connectivity index (χ3n) is 3.50. The zero-order valence-electron chi connectivity index (χ0n) is 14.6. The zero-order valence-corrected chi connectivity index (χ0v) is 14.6. The second kappa shape index (κ2) is 8.31. The fourth-order valence-corrected chi connectivity index (χ4v) is 2.28. The molecule has 0 aromatic heterocycles. The second-order valence-corrected chi connectivity index (χ2v) is 5.67. The molecule has 0 aliphatic carbocycles. The first-order chi connectivity index (χ1) is 11.5. The number of ether oxygens (including phenoxy) is 2. The normalized spacial score (nSPS) is 11.7. The number of methoxy groups -OCH3 is 1. The van der Waals surface area contributed by atoms with Gasteiger partial charge in [0.2, 0.25) is 5.91 Å². The molecule has 126 valence electrons. The first-order valence-electron chi connectivity index (χ1n) is 7.79. The van der Waals surface area contributed by atoms with E-state index in [1.54, 1.807) is 7.11 Å². The molecule has 4 heteroatoms. The third kappa shape index (κ3) is 4.70. The number of hydrogen-bond acceptors (Lipinski definition) is 3. The Morgan fingerprint density at radius 1 is 0.917 bits per heavy atom. The summed E-state index contributed by atoms with van der Waals surface area (Å²) < 4.78 is 10.9. The summed E-state index contributed by atoms with van der Waals surface area (Å²) in [7, 11) is 1.57. The minimum absolute atomic E-state index is 0.0954. The van der Waals surface area contributed by atoms with E-state index in [0.717, 1.165) is 22.3 Å². The van der Waals surface area contributed by atoms with Crippen LogP contribution in [0.25, 0.3) is 11.5 Å². The molecular formula is C20H23NO3. The number of benzene rings is 2. The van der Waals surface area contributed by atoms with Crippen LogP contribution in [-0.4, -0.2) is 19.8 Å². The monoisotopic (exact) mass is 325 g/mol. The van der Waals surface area contributed by atoms with Crippen molar-refractivity contribution >= 4 is 17.4 Å². The minimum atomic E-state index is -0.156. The van der Waals surface area contributed by atoms with Gasteiger partial charge in [0.05, 0.1) is 5.70 Å². The van der Waals surface area contributed by atoms with E-state index in [1.807, 2.05) is 62.4 Å². The summed E-state index contributed by atoms with van der Waals surface area (Å²) in [4.78, 5) is 11.7. The van der Waals surface area contributed by atoms with E-state index < -0.39 is 0 Å². The highest BCUT2D eigenvalue weighted by Gasteiger charge is 2.15. The van der Waals surface area contributed by atoms with Crippen LogP contribution in [0.2, 0.25) is 0 Å². The molecule has 0 spiro atoms. The summed E-state index contributed by atoms with van der Waals surface area (Å²) >= 11 is 0. The molecule has 1 amide bonds. The number of carbonyl (C=O) groups excluding carboxylic acids is 1. The van der Waals surface area contributed by atoms with E-state index in [-0.39, 0.29) is 12.7 Å². The molecule has 0 fully saturated rings. The van der Waals surface area contributed by atoms with Crippen LogP contribution in [0.3, 0.4) is 0 Å². The summed E-state index contributed by atoms with van der Waals surface area (Å²) in [6, 6.07) is 15.9. The first-order valence-corrected chi connectivity index (χ1v) is 7.79. The topological polar surface area (TPSA) is 47.6 Å². The fraction of sp³-hybridized carbons (Fsp3) is 0.250. The van der Waals surface area contributed by atoms with Crippen molar-refractivity contribution in [1.82, 2.24) is 5.32 Å². The van der Waals surface area contributed by atoms with Crippen LogP contribution in [0.1, 0.15) is 29.2 Å². The van der Waals surface area contributed by atoms with Gasteiger partial charge in [-0.3, -0.25) is 4.79 Å². The van der Waals surface area contributed by atoms with Crippen molar-refractivity contribution in [3.8, 4) is 0 Å². The van der Waals surface area contributed by atoms with Crippen LogP contribution >= 0.6 is 0 Å². The van der Waals surface area contributed by atoms with E-state index in [1.165, 1.54) is 6.92 Å². The molecule has 2 aromatic carbocycles. The van der Waals surface area contributed by atoms with Crippen LogP contribution in [0.5, 0.6) is 0 Å². The average molecular weight is 325 g/mol. The molecule has 0 unspecified atom stereocenters. The van der Waals surface area contributed by atoms with Gasteiger partial charge in [-0.2, -0.15) is 0 Å². The summed E-state index contributed by atoms with van der Waals surface area (Å²) in [5, 5.41) is 2.90. The Morgan fingerprint density at radius 3 is 1.88 bits per heavy atom. The van der Waals surface area contributed by atoms with Gasteiger partial charge in [-0.25, -0.2) is 0 Å². The lowest BCUT2D eigenvalue weighted by Crippen LogP contribution is -2.20. The Kier molecular flexibility index (Phi) is 6.15. The third-order valence-corrected chi connectivity index (χ3v) is 3.50. The molecule has 4 nitrogen and oxygen atoms in total. The smallest absolute Gasteiger partial charge is 0.221 e. The highest BCUT2D eigenvalue weighted by atomic mass is 16.7. The van der Waals surface area contributed by atoms with Gasteiger partial charge >= 0.3 is 0 Å². The van der Waals surface area contributed by atoms with Crippen molar-refractivity contribution in [2.24, 2.45) is 0 Å². The molecule has 0 saturated carbocycles. The molecule has 2 rings (SSSR count). The molecule has 0 aliphatic heterocycles. The maximum absolute atomic E-state index is 11.7. The van der Waals surface area contributed by atoms with Crippen molar-refractivity contribution in [2.45, 2.75) is 20.8 Å². The lowest BCUT2D eigenvalue weighted by molar-refractivity contribution is -0.117. The standard InChI is InChI=1S/C20H23NO3/c1-14-5-9-17(10-6-14)19(21-16(3)22)20(24-13-23-4)18-11-7-15(2)8-12-18/h5-12H,13H2,1-4H3,(H,21,22)/b20-19-. The van der Waals surface area contributed by atoms with E-state index in [9.17, 15) is 4.79 Å². The molecule has 1 N–H and O–H groups in total. The SMILES string of the molecule is COCO/C(=C(\NC(C)=O)c1ccc(C)cc1)c1ccc(C)cc1. The Bertz CT molecular complexity index is 716. The van der Waals surface area contributed by atoms with Gasteiger partial charge in [-0.1, -0.05) is 59.7 Å². The molecule has 0 heterocycles. The van der Waals surface area contributed by atoms with E-state index in [0.29, 0.717) is 11.5 Å². The zero-order chi connectivity index (χ0) is 17.5. The van der Waals surface area contributed by atoms with Gasteiger partial charge in [0, 0.05) is 25.2 Å². The number of amides is 1. The molecular weight excluding hydrogens is 302 g/mol. The molecule has 0 atom stereocenters. The van der Waals surface area contributed by atoms with Crippen LogP contribution in [0.15, 0.2) is 48.5 Å². The summed E-state index contributed by atoms with van der Waals surface area (Å²) in [6.07, 6.45) is 0. The van der Waals surface area contributed by atoms with Crippen LogP contribution in [-0.2, 0) is 14.3 Å². The lowest BCUT2D eigenvalue weighted by Gasteiger charge is -2.17. The number of nitrogens with one attached hydrogen (secondary N) is 1. The van der Waals surface area contributed by atoms with Gasteiger partial charge in [0.25, 0.3) is 0 Å². The molecule has 0 bridgehead atoms. The molecule has 0 saturated heterocycles. The Morgan fingerprint density at radius 2 is 1.42 bits per heavy atom. The second-order valence-electron chi connectivity index (χ2n) is 5.67. The summed E-state index contributed by atoms with van der Waals surface area (Å²) in [6.45, 7) is 5.63. The maximum atomic E-state index is 11.7. The van der Waals surface area contributed by atoms with Crippen LogP contribution < -0.4 is 5.32 Å². The van der Waals surface area contributed by atoms with E-state index >= 15 is 0 Å². The highest BCUT2D eigenvalue weighted by molar-refractivity contribution is 5.94. The maximum Gasteiger partial charge on any atom is 0.221 e. The molecule has 0 aliphatic rings. The lowest BCUT2D eigenvalue weighted by atomic mass is 10.0. The van der Waals surface area contributed by atoms with Gasteiger partial charge in [0.1, 0.15) is 0 Å². The average Bonchev–Trinajstić information content (AvgIpc) is 2.56. The number of carbonyl (C=O) groups is 1. The largest absolute Gasteiger partial charge is 0.465 e. The minimum Gasteiger partial charge on any atom is -0.465 e. The molecule has 2 aromatic rings. The van der Waals surface area contributed by atoms with Gasteiger partial charge in [-0.05, 0) is 13.8 Å². The molecule has 0 radical (unpaired) electrons. The van der Waals surface area contributed by atoms with Crippen molar-refractivity contribution in [1.29, 1.82) is 0 Å². The van der Waals surface area contributed by atoms with Crippen molar-refractivity contribution in [2.75, 3.05) is 13.9 Å². The highest BCUT2D eigenvalue weighted by Crippen LogP contribution is 2.26. The van der Waals surface area contributed by atoms with Crippen molar-refractivity contribution in [3.63, 3.8) is 0 Å². The number of hydrogen-bond donors (Lipinski definition) is 1.